The van der Waals surface area contributed by atoms with E-state index in [0.29, 0.717) is 27.7 Å². The van der Waals surface area contributed by atoms with Gasteiger partial charge in [-0.25, -0.2) is 13.4 Å². The lowest BCUT2D eigenvalue weighted by Crippen LogP contribution is -2.16. The number of benzene rings is 2. The molecule has 0 aliphatic heterocycles. The first-order valence-corrected chi connectivity index (χ1v) is 13.7. The zero-order valence-corrected chi connectivity index (χ0v) is 22.1. The summed E-state index contributed by atoms with van der Waals surface area (Å²) in [6.07, 6.45) is 0. The Hall–Kier alpha value is -4.18. The third-order valence-electron chi connectivity index (χ3n) is 5.03. The quantitative estimate of drug-likeness (QED) is 0.277. The van der Waals surface area contributed by atoms with Gasteiger partial charge in [0.15, 0.2) is 11.0 Å². The molecule has 2 N–H and O–H groups in total. The minimum Gasteiger partial charge on any atom is -0.497 e. The summed E-state index contributed by atoms with van der Waals surface area (Å²) in [4.78, 5) is 17.1. The first kappa shape index (κ1) is 26.9. The van der Waals surface area contributed by atoms with E-state index in [1.54, 1.807) is 19.2 Å². The SMILES string of the molecule is COc1ccc(-c2ccc(C#N)c(SCC(=O)Nc3ccc(S(=O)(=O)Nc4ccc(Cl)nn4)cc3)n2)cc1. The highest BCUT2D eigenvalue weighted by molar-refractivity contribution is 8.00. The van der Waals surface area contributed by atoms with Gasteiger partial charge in [-0.2, -0.15) is 5.26 Å². The number of rotatable bonds is 9. The number of hydrogen-bond donors (Lipinski definition) is 2. The molecule has 0 aliphatic carbocycles. The topological polar surface area (TPSA) is 147 Å². The van der Waals surface area contributed by atoms with Gasteiger partial charge in [0.25, 0.3) is 10.0 Å². The molecule has 10 nitrogen and oxygen atoms in total. The maximum absolute atomic E-state index is 12.6. The summed E-state index contributed by atoms with van der Waals surface area (Å²) in [6.45, 7) is 0. The fourth-order valence-electron chi connectivity index (χ4n) is 3.17. The fraction of sp³-hybridized carbons (Fsp3) is 0.0800. The number of carbonyl (C=O) groups excluding carboxylic acids is 1. The molecule has 0 fully saturated rings. The third kappa shape index (κ3) is 6.77. The number of hydrogen-bond acceptors (Lipinski definition) is 9. The zero-order chi connectivity index (χ0) is 27.1. The number of halogens is 1. The summed E-state index contributed by atoms with van der Waals surface area (Å²) in [5, 5.41) is 20.0. The summed E-state index contributed by atoms with van der Waals surface area (Å²) in [5.41, 5.74) is 2.26. The van der Waals surface area contributed by atoms with Crippen molar-refractivity contribution in [2.45, 2.75) is 9.92 Å². The third-order valence-corrected chi connectivity index (χ3v) is 7.59. The Balaban J connectivity index is 1.39. The molecule has 1 amide bonds. The molecule has 4 rings (SSSR count). The van der Waals surface area contributed by atoms with Crippen LogP contribution in [0, 0.1) is 11.3 Å². The highest BCUT2D eigenvalue weighted by Crippen LogP contribution is 2.27. The van der Waals surface area contributed by atoms with E-state index in [-0.39, 0.29) is 27.5 Å². The van der Waals surface area contributed by atoms with Crippen molar-refractivity contribution in [3.8, 4) is 23.1 Å². The predicted octanol–water partition coefficient (Wildman–Crippen LogP) is 4.60. The van der Waals surface area contributed by atoms with Crippen molar-refractivity contribution in [1.82, 2.24) is 15.2 Å². The highest BCUT2D eigenvalue weighted by Gasteiger charge is 2.16. The van der Waals surface area contributed by atoms with Crippen LogP contribution in [-0.4, -0.2) is 42.4 Å². The summed E-state index contributed by atoms with van der Waals surface area (Å²) in [6, 6.07) is 21.3. The zero-order valence-electron chi connectivity index (χ0n) is 19.8. The maximum Gasteiger partial charge on any atom is 0.263 e. The molecule has 4 aromatic rings. The number of aromatic nitrogens is 3. The van der Waals surface area contributed by atoms with Crippen molar-refractivity contribution in [2.75, 3.05) is 22.9 Å². The molecular formula is C25H19ClN6O4S2. The van der Waals surface area contributed by atoms with Crippen LogP contribution in [0.3, 0.4) is 0 Å². The van der Waals surface area contributed by atoms with Gasteiger partial charge < -0.3 is 10.1 Å². The van der Waals surface area contributed by atoms with E-state index in [4.69, 9.17) is 16.3 Å². The number of pyridine rings is 1. The molecule has 0 unspecified atom stereocenters. The monoisotopic (exact) mass is 566 g/mol. The molecule has 0 spiro atoms. The van der Waals surface area contributed by atoms with Crippen LogP contribution in [0.5, 0.6) is 5.75 Å². The molecule has 13 heteroatoms. The standard InChI is InChI=1S/C25H19ClN6O4S2/c1-36-19-7-2-16(3-8-19)21-11-4-17(14-27)25(29-21)37-15-24(33)28-18-5-9-20(10-6-18)38(34,35)32-23-13-12-22(26)30-31-23/h2-13H,15H2,1H3,(H,28,33)(H,31,32). The molecule has 0 saturated carbocycles. The van der Waals surface area contributed by atoms with Crippen molar-refractivity contribution in [1.29, 1.82) is 5.26 Å². The molecule has 0 saturated heterocycles. The van der Waals surface area contributed by atoms with Gasteiger partial charge in [0.05, 0.1) is 29.0 Å². The molecule has 0 aliphatic rings. The molecule has 192 valence electrons. The normalized spacial score (nSPS) is 10.9. The van der Waals surface area contributed by atoms with E-state index in [0.717, 1.165) is 17.3 Å². The molecule has 0 bridgehead atoms. The number of carbonyl (C=O) groups is 1. The van der Waals surface area contributed by atoms with E-state index in [2.05, 4.69) is 31.3 Å². The number of sulfonamides is 1. The van der Waals surface area contributed by atoms with Gasteiger partial charge in [0.1, 0.15) is 16.8 Å². The smallest absolute Gasteiger partial charge is 0.263 e. The number of anilines is 2. The highest BCUT2D eigenvalue weighted by atomic mass is 35.5. The summed E-state index contributed by atoms with van der Waals surface area (Å²) in [5.74, 6) is 0.377. The number of amides is 1. The second-order valence-corrected chi connectivity index (χ2v) is 10.6. The second kappa shape index (κ2) is 11.9. The first-order chi connectivity index (χ1) is 18.3. The van der Waals surface area contributed by atoms with Crippen LogP contribution in [0.25, 0.3) is 11.3 Å². The number of nitrogens with one attached hydrogen (secondary N) is 2. The van der Waals surface area contributed by atoms with Gasteiger partial charge in [-0.15, -0.1) is 10.2 Å². The molecule has 0 atom stereocenters. The Morgan fingerprint density at radius 2 is 1.76 bits per heavy atom. The first-order valence-electron chi connectivity index (χ1n) is 10.9. The number of methoxy groups -OCH3 is 1. The molecule has 2 heterocycles. The van der Waals surface area contributed by atoms with Crippen LogP contribution < -0.4 is 14.8 Å². The van der Waals surface area contributed by atoms with Crippen molar-refractivity contribution >= 4 is 50.8 Å². The van der Waals surface area contributed by atoms with Gasteiger partial charge >= 0.3 is 0 Å². The fourth-order valence-corrected chi connectivity index (χ4v) is 5.04. The van der Waals surface area contributed by atoms with Crippen molar-refractivity contribution in [2.24, 2.45) is 0 Å². The largest absolute Gasteiger partial charge is 0.497 e. The minimum absolute atomic E-state index is 0.00934. The van der Waals surface area contributed by atoms with Crippen molar-refractivity contribution < 1.29 is 17.9 Å². The van der Waals surface area contributed by atoms with E-state index in [9.17, 15) is 18.5 Å². The number of nitrogens with zero attached hydrogens (tertiary/aromatic N) is 4. The van der Waals surface area contributed by atoms with Crippen LogP contribution in [0.4, 0.5) is 11.5 Å². The predicted molar refractivity (Wildman–Crippen MR) is 145 cm³/mol. The number of ether oxygens (including phenoxy) is 1. The van der Waals surface area contributed by atoms with E-state index < -0.39 is 10.0 Å². The number of nitriles is 1. The average Bonchev–Trinajstić information content (AvgIpc) is 2.93. The minimum atomic E-state index is -3.91. The Morgan fingerprint density at radius 3 is 2.39 bits per heavy atom. The van der Waals surface area contributed by atoms with Crippen LogP contribution in [0.15, 0.2) is 82.7 Å². The lowest BCUT2D eigenvalue weighted by Gasteiger charge is -2.09. The van der Waals surface area contributed by atoms with Gasteiger partial charge in [0, 0.05) is 11.3 Å². The van der Waals surface area contributed by atoms with Crippen molar-refractivity contribution in [3.05, 3.63) is 83.5 Å². The molecule has 2 aromatic heterocycles. The Bertz CT molecular complexity index is 1590. The molecule has 2 aromatic carbocycles. The second-order valence-electron chi connectivity index (χ2n) is 7.60. The van der Waals surface area contributed by atoms with E-state index in [1.807, 2.05) is 24.3 Å². The van der Waals surface area contributed by atoms with Gasteiger partial charge in [-0.05, 0) is 72.8 Å². The van der Waals surface area contributed by atoms with Crippen molar-refractivity contribution in [3.63, 3.8) is 0 Å². The molecular weight excluding hydrogens is 548 g/mol. The van der Waals surface area contributed by atoms with Gasteiger partial charge in [-0.3, -0.25) is 9.52 Å². The van der Waals surface area contributed by atoms with Crippen LogP contribution in [0.2, 0.25) is 5.15 Å². The molecule has 38 heavy (non-hydrogen) atoms. The lowest BCUT2D eigenvalue weighted by molar-refractivity contribution is -0.113. The average molecular weight is 567 g/mol. The Morgan fingerprint density at radius 1 is 1.03 bits per heavy atom. The van der Waals surface area contributed by atoms with Gasteiger partial charge in [0.2, 0.25) is 5.91 Å². The van der Waals surface area contributed by atoms with Crippen LogP contribution in [-0.2, 0) is 14.8 Å². The lowest BCUT2D eigenvalue weighted by atomic mass is 10.1. The number of thioether (sulfide) groups is 1. The van der Waals surface area contributed by atoms with Crippen LogP contribution in [0.1, 0.15) is 5.56 Å². The van der Waals surface area contributed by atoms with E-state index >= 15 is 0 Å². The Kier molecular flexibility index (Phi) is 8.42. The summed E-state index contributed by atoms with van der Waals surface area (Å²) in [7, 11) is -2.33. The summed E-state index contributed by atoms with van der Waals surface area (Å²) < 4.78 is 32.6. The molecule has 0 radical (unpaired) electrons. The van der Waals surface area contributed by atoms with Crippen LogP contribution >= 0.6 is 23.4 Å². The van der Waals surface area contributed by atoms with E-state index in [1.165, 1.54) is 36.4 Å². The Labute approximate surface area is 228 Å². The summed E-state index contributed by atoms with van der Waals surface area (Å²) >= 11 is 6.79. The maximum atomic E-state index is 12.6. The van der Waals surface area contributed by atoms with Gasteiger partial charge in [-0.1, -0.05) is 23.4 Å².